The molecule has 0 aromatic rings. The number of carbonyl (C=O) groups is 1. The molecule has 0 aliphatic carbocycles. The molecule has 0 unspecified atom stereocenters. The van der Waals surface area contributed by atoms with Crippen LogP contribution in [0.1, 0.15) is 116 Å². The van der Waals surface area contributed by atoms with E-state index >= 15 is 0 Å². The fraction of sp³-hybridized carbons (Fsp3) is 0.917. The number of hydrogen-bond donors (Lipinski definition) is 2. The predicted octanol–water partition coefficient (Wildman–Crippen LogP) is 5.82. The number of alkyl carbamates (subject to hydrolysis) is 1. The summed E-state index contributed by atoms with van der Waals surface area (Å²) in [6.07, 6.45) is 22.1. The van der Waals surface area contributed by atoms with Gasteiger partial charge in [-0.25, -0.2) is 9.90 Å². The van der Waals surface area contributed by atoms with Crippen LogP contribution in [-0.4, -0.2) is 38.8 Å². The summed E-state index contributed by atoms with van der Waals surface area (Å²) in [5.74, 6) is 0. The maximum Gasteiger partial charge on any atom is 0.407 e. The molecule has 2 radical (unpaired) electrons. The lowest BCUT2D eigenvalue weighted by molar-refractivity contribution is 0.143. The third-order valence-corrected chi connectivity index (χ3v) is 5.34. The molecule has 6 nitrogen and oxygen atoms in total. The zero-order valence-corrected chi connectivity index (χ0v) is 19.2. The molecule has 0 fully saturated rings. The molecule has 0 bridgehead atoms. The second kappa shape index (κ2) is 25.7. The van der Waals surface area contributed by atoms with E-state index < -0.39 is 0 Å². The van der Waals surface area contributed by atoms with Crippen molar-refractivity contribution in [1.29, 1.82) is 0 Å². The van der Waals surface area contributed by atoms with Gasteiger partial charge in [-0.15, -0.1) is 0 Å². The Morgan fingerprint density at radius 2 is 1.03 bits per heavy atom. The second-order valence-corrected chi connectivity index (χ2v) is 8.16. The highest BCUT2D eigenvalue weighted by molar-refractivity contribution is 5.66. The summed E-state index contributed by atoms with van der Waals surface area (Å²) in [6, 6.07) is 0. The van der Waals surface area contributed by atoms with E-state index in [1.54, 1.807) is 6.41 Å². The van der Waals surface area contributed by atoms with Gasteiger partial charge >= 0.3 is 12.5 Å². The largest absolute Gasteiger partial charge is 0.450 e. The molecule has 0 saturated heterocycles. The minimum Gasteiger partial charge on any atom is -0.450 e. The highest BCUT2D eigenvalue weighted by Gasteiger charge is 2.01. The van der Waals surface area contributed by atoms with Crippen LogP contribution in [0, 0.1) is 0 Å². The van der Waals surface area contributed by atoms with Crippen molar-refractivity contribution in [2.45, 2.75) is 116 Å². The summed E-state index contributed by atoms with van der Waals surface area (Å²) in [4.78, 5) is 21.6. The first-order valence-corrected chi connectivity index (χ1v) is 12.4. The fourth-order valence-electron chi connectivity index (χ4n) is 3.47. The van der Waals surface area contributed by atoms with Gasteiger partial charge in [0.2, 0.25) is 0 Å². The summed E-state index contributed by atoms with van der Waals surface area (Å²) in [5, 5.41) is 15.7. The van der Waals surface area contributed by atoms with Crippen molar-refractivity contribution in [2.75, 3.05) is 26.3 Å². The average molecular weight is 427 g/mol. The minimum absolute atomic E-state index is 0.0736. The van der Waals surface area contributed by atoms with E-state index in [1.165, 1.54) is 64.2 Å². The van der Waals surface area contributed by atoms with Gasteiger partial charge in [-0.1, -0.05) is 89.9 Å². The van der Waals surface area contributed by atoms with Gasteiger partial charge in [0, 0.05) is 13.1 Å². The topological polar surface area (TPSA) is 87.3 Å². The molecule has 0 aromatic carbocycles. The van der Waals surface area contributed by atoms with E-state index in [0.29, 0.717) is 13.2 Å². The first-order valence-electron chi connectivity index (χ1n) is 12.4. The maximum atomic E-state index is 11.6. The minimum atomic E-state index is -0.283. The number of nitrogens with one attached hydrogen (secondary N) is 2. The van der Waals surface area contributed by atoms with Crippen molar-refractivity contribution < 1.29 is 19.4 Å². The highest BCUT2D eigenvalue weighted by atomic mass is 16.5. The lowest BCUT2D eigenvalue weighted by Crippen LogP contribution is -2.25. The smallest absolute Gasteiger partial charge is 0.407 e. The van der Waals surface area contributed by atoms with Crippen molar-refractivity contribution in [3.05, 3.63) is 0 Å². The van der Waals surface area contributed by atoms with Crippen molar-refractivity contribution in [3.63, 3.8) is 0 Å². The Morgan fingerprint density at radius 3 is 1.53 bits per heavy atom. The summed E-state index contributed by atoms with van der Waals surface area (Å²) >= 11 is 0. The van der Waals surface area contributed by atoms with Gasteiger partial charge < -0.3 is 15.4 Å². The Bertz CT molecular complexity index is 367. The molecule has 0 rings (SSSR count). The van der Waals surface area contributed by atoms with Crippen LogP contribution in [-0.2, 0) is 14.6 Å². The number of rotatable bonds is 24. The lowest BCUT2D eigenvalue weighted by atomic mass is 10.1. The fourth-order valence-corrected chi connectivity index (χ4v) is 3.47. The number of ether oxygens (including phenoxy) is 1. The molecule has 0 aliphatic heterocycles. The second-order valence-electron chi connectivity index (χ2n) is 8.16. The molecule has 176 valence electrons. The van der Waals surface area contributed by atoms with Gasteiger partial charge in [-0.3, -0.25) is 4.79 Å². The quantitative estimate of drug-likeness (QED) is 0.150. The molecule has 0 heterocycles. The van der Waals surface area contributed by atoms with Gasteiger partial charge in [-0.05, 0) is 25.7 Å². The predicted molar refractivity (Wildman–Crippen MR) is 122 cm³/mol. The number of carbonyl (C=O) groups excluding carboxylic acids is 2. The van der Waals surface area contributed by atoms with Crippen molar-refractivity contribution in [2.24, 2.45) is 0 Å². The molecule has 0 aromatic heterocycles. The Balaban J connectivity index is 3.14. The van der Waals surface area contributed by atoms with Crippen LogP contribution in [0.2, 0.25) is 0 Å². The molecular weight excluding hydrogens is 380 g/mol. The van der Waals surface area contributed by atoms with Crippen molar-refractivity contribution >= 4 is 12.5 Å². The Kier molecular flexibility index (Phi) is 24.6. The van der Waals surface area contributed by atoms with E-state index in [9.17, 15) is 14.7 Å². The van der Waals surface area contributed by atoms with Crippen LogP contribution in [0.25, 0.3) is 0 Å². The van der Waals surface area contributed by atoms with Crippen LogP contribution in [0.3, 0.4) is 0 Å². The SMILES string of the molecule is [O]CCCCCCCCCCCCOC(=O)NCCCCCCCCCCN[C]=O. The summed E-state index contributed by atoms with van der Waals surface area (Å²) < 4.78 is 5.22. The average Bonchev–Trinajstić information content (AvgIpc) is 2.75. The highest BCUT2D eigenvalue weighted by Crippen LogP contribution is 2.11. The number of hydrogen-bond acceptors (Lipinski definition) is 3. The maximum absolute atomic E-state index is 11.6. The first-order chi connectivity index (χ1) is 14.8. The first kappa shape index (κ1) is 28.7. The van der Waals surface area contributed by atoms with E-state index in [4.69, 9.17) is 4.74 Å². The van der Waals surface area contributed by atoms with Gasteiger partial charge in [0.25, 0.3) is 0 Å². The van der Waals surface area contributed by atoms with Gasteiger partial charge in [0.1, 0.15) is 0 Å². The molecule has 2 N–H and O–H groups in total. The van der Waals surface area contributed by atoms with Crippen LogP contribution in [0.5, 0.6) is 0 Å². The normalized spacial score (nSPS) is 10.7. The zero-order chi connectivity index (χ0) is 22.0. The standard InChI is InChI=1S/C24H46N2O4/c27-21-17-13-9-5-1-2-6-10-14-18-22-30-24(29)26-20-16-12-8-4-3-7-11-15-19-25-23-28/h1-22H2,(H,25,28)(H,26,29). The van der Waals surface area contributed by atoms with E-state index in [-0.39, 0.29) is 12.7 Å². The van der Waals surface area contributed by atoms with E-state index in [2.05, 4.69) is 10.6 Å². The number of amides is 2. The molecule has 0 saturated carbocycles. The number of unbranched alkanes of at least 4 members (excludes halogenated alkanes) is 16. The third kappa shape index (κ3) is 24.7. The van der Waals surface area contributed by atoms with Gasteiger partial charge in [-0.2, -0.15) is 0 Å². The van der Waals surface area contributed by atoms with E-state index in [0.717, 1.165) is 57.9 Å². The Morgan fingerprint density at radius 1 is 0.600 bits per heavy atom. The van der Waals surface area contributed by atoms with Gasteiger partial charge in [0.15, 0.2) is 0 Å². The third-order valence-electron chi connectivity index (χ3n) is 5.34. The molecule has 0 spiro atoms. The van der Waals surface area contributed by atoms with Crippen molar-refractivity contribution in [3.8, 4) is 0 Å². The molecule has 0 aliphatic rings. The lowest BCUT2D eigenvalue weighted by Gasteiger charge is -2.07. The molecular formula is C24H46N2O4. The van der Waals surface area contributed by atoms with Gasteiger partial charge in [0.05, 0.1) is 13.2 Å². The van der Waals surface area contributed by atoms with Crippen LogP contribution in [0.4, 0.5) is 4.79 Å². The summed E-state index contributed by atoms with van der Waals surface area (Å²) in [5.41, 5.74) is 0. The molecule has 30 heavy (non-hydrogen) atoms. The summed E-state index contributed by atoms with van der Waals surface area (Å²) in [6.45, 7) is 2.02. The van der Waals surface area contributed by atoms with Crippen LogP contribution in [0.15, 0.2) is 0 Å². The summed E-state index contributed by atoms with van der Waals surface area (Å²) in [7, 11) is 0. The van der Waals surface area contributed by atoms with Crippen LogP contribution >= 0.6 is 0 Å². The zero-order valence-electron chi connectivity index (χ0n) is 19.2. The van der Waals surface area contributed by atoms with Crippen LogP contribution < -0.4 is 10.6 Å². The molecule has 0 atom stereocenters. The Labute approximate surface area is 184 Å². The molecule has 6 heteroatoms. The van der Waals surface area contributed by atoms with E-state index in [1.807, 2.05) is 0 Å². The molecule has 2 amide bonds. The van der Waals surface area contributed by atoms with Crippen molar-refractivity contribution in [1.82, 2.24) is 10.6 Å². The Hall–Kier alpha value is -1.30. The monoisotopic (exact) mass is 426 g/mol.